The molecule has 0 saturated heterocycles. The van der Waals surface area contributed by atoms with Gasteiger partial charge >= 0.3 is 0 Å². The molecule has 86 valence electrons. The SMILES string of the molecule is CCCC[n+]1nn(CCC)c2ccccc21. The van der Waals surface area contributed by atoms with Crippen LogP contribution < -0.4 is 4.68 Å². The fourth-order valence-corrected chi connectivity index (χ4v) is 1.98. The molecule has 16 heavy (non-hydrogen) atoms. The molecule has 2 rings (SSSR count). The van der Waals surface area contributed by atoms with Crippen LogP contribution in [0.5, 0.6) is 0 Å². The summed E-state index contributed by atoms with van der Waals surface area (Å²) in [6.45, 7) is 6.42. The quantitative estimate of drug-likeness (QED) is 0.707. The summed E-state index contributed by atoms with van der Waals surface area (Å²) < 4.78 is 4.25. The number of fused-ring (bicyclic) bond motifs is 1. The fraction of sp³-hybridized carbons (Fsp3) is 0.538. The Labute approximate surface area is 96.7 Å². The fourth-order valence-electron chi connectivity index (χ4n) is 1.98. The Bertz CT molecular complexity index is 459. The summed E-state index contributed by atoms with van der Waals surface area (Å²) in [6.07, 6.45) is 3.53. The smallest absolute Gasteiger partial charge is 0.129 e. The number of nitrogens with zero attached hydrogens (tertiary/aromatic N) is 3. The lowest BCUT2D eigenvalue weighted by Gasteiger charge is -1.91. The van der Waals surface area contributed by atoms with E-state index in [0.717, 1.165) is 19.5 Å². The maximum absolute atomic E-state index is 4.65. The van der Waals surface area contributed by atoms with E-state index in [1.165, 1.54) is 23.9 Å². The second-order valence-electron chi connectivity index (χ2n) is 4.18. The van der Waals surface area contributed by atoms with Gasteiger partial charge in [-0.1, -0.05) is 32.4 Å². The summed E-state index contributed by atoms with van der Waals surface area (Å²) in [4.78, 5) is 0. The number of benzene rings is 1. The van der Waals surface area contributed by atoms with E-state index in [2.05, 4.69) is 52.7 Å². The minimum Gasteiger partial charge on any atom is -0.129 e. The number of aryl methyl sites for hydroxylation is 2. The Hall–Kier alpha value is -1.38. The first-order valence-electron chi connectivity index (χ1n) is 6.22. The molecular formula is C13H20N3+. The van der Waals surface area contributed by atoms with Crippen LogP contribution >= 0.6 is 0 Å². The molecule has 2 aromatic rings. The van der Waals surface area contributed by atoms with Crippen molar-refractivity contribution in [1.29, 1.82) is 0 Å². The largest absolute Gasteiger partial charge is 0.198 e. The van der Waals surface area contributed by atoms with Crippen molar-refractivity contribution in [2.24, 2.45) is 0 Å². The summed E-state index contributed by atoms with van der Waals surface area (Å²) in [5, 5.41) is 4.65. The summed E-state index contributed by atoms with van der Waals surface area (Å²) in [6, 6.07) is 8.48. The first-order valence-corrected chi connectivity index (χ1v) is 6.22. The van der Waals surface area contributed by atoms with Gasteiger partial charge in [0, 0.05) is 0 Å². The lowest BCUT2D eigenvalue weighted by atomic mass is 10.3. The molecule has 3 nitrogen and oxygen atoms in total. The van der Waals surface area contributed by atoms with Crippen LogP contribution in [0.25, 0.3) is 11.0 Å². The number of hydrogen-bond donors (Lipinski definition) is 0. The van der Waals surface area contributed by atoms with Crippen molar-refractivity contribution in [2.75, 3.05) is 0 Å². The number of hydrogen-bond acceptors (Lipinski definition) is 1. The molecule has 0 aliphatic heterocycles. The Morgan fingerprint density at radius 3 is 2.75 bits per heavy atom. The van der Waals surface area contributed by atoms with Gasteiger partial charge in [-0.25, -0.2) is 0 Å². The third-order valence-corrected chi connectivity index (χ3v) is 2.81. The van der Waals surface area contributed by atoms with E-state index in [1.54, 1.807) is 0 Å². The first kappa shape index (κ1) is 11.1. The monoisotopic (exact) mass is 218 g/mol. The van der Waals surface area contributed by atoms with Crippen LogP contribution in [0.15, 0.2) is 24.3 Å². The average molecular weight is 218 g/mol. The molecule has 0 spiro atoms. The molecule has 1 heterocycles. The van der Waals surface area contributed by atoms with Crippen LogP contribution in [-0.2, 0) is 13.1 Å². The molecule has 1 aromatic heterocycles. The van der Waals surface area contributed by atoms with Crippen LogP contribution in [0.3, 0.4) is 0 Å². The molecule has 0 atom stereocenters. The highest BCUT2D eigenvalue weighted by Gasteiger charge is 2.15. The van der Waals surface area contributed by atoms with E-state index in [1.807, 2.05) is 0 Å². The van der Waals surface area contributed by atoms with Gasteiger partial charge in [0.1, 0.15) is 13.1 Å². The summed E-state index contributed by atoms with van der Waals surface area (Å²) >= 11 is 0. The maximum atomic E-state index is 4.65. The lowest BCUT2D eigenvalue weighted by Crippen LogP contribution is -2.37. The highest BCUT2D eigenvalue weighted by Crippen LogP contribution is 2.09. The minimum atomic E-state index is 1.000. The zero-order chi connectivity index (χ0) is 11.4. The van der Waals surface area contributed by atoms with Crippen LogP contribution in [0.2, 0.25) is 0 Å². The van der Waals surface area contributed by atoms with Crippen LogP contribution in [0.1, 0.15) is 33.1 Å². The van der Waals surface area contributed by atoms with E-state index in [4.69, 9.17) is 0 Å². The van der Waals surface area contributed by atoms with Crippen molar-refractivity contribution in [1.82, 2.24) is 9.90 Å². The highest BCUT2D eigenvalue weighted by atomic mass is 15.5. The summed E-state index contributed by atoms with van der Waals surface area (Å²) in [5.41, 5.74) is 2.50. The van der Waals surface area contributed by atoms with E-state index in [9.17, 15) is 0 Å². The molecule has 0 aliphatic carbocycles. The van der Waals surface area contributed by atoms with Gasteiger partial charge in [0.05, 0.1) is 5.21 Å². The van der Waals surface area contributed by atoms with Crippen molar-refractivity contribution in [3.05, 3.63) is 24.3 Å². The van der Waals surface area contributed by atoms with Gasteiger partial charge in [0.15, 0.2) is 11.0 Å². The zero-order valence-electron chi connectivity index (χ0n) is 10.2. The normalized spacial score (nSPS) is 11.1. The molecule has 0 bridgehead atoms. The maximum Gasteiger partial charge on any atom is 0.198 e. The van der Waals surface area contributed by atoms with Gasteiger partial charge in [-0.3, -0.25) is 0 Å². The standard InChI is InChI=1S/C13H20N3/c1-3-5-11-16-13-9-7-6-8-12(13)15(14-16)10-4-2/h6-9H,3-5,10-11H2,1-2H3/q+1. The number of rotatable bonds is 5. The van der Waals surface area contributed by atoms with E-state index in [0.29, 0.717) is 0 Å². The topological polar surface area (TPSA) is 21.7 Å². The van der Waals surface area contributed by atoms with Crippen molar-refractivity contribution < 1.29 is 4.68 Å². The van der Waals surface area contributed by atoms with E-state index >= 15 is 0 Å². The van der Waals surface area contributed by atoms with Crippen molar-refractivity contribution >= 4 is 11.0 Å². The Morgan fingerprint density at radius 1 is 1.19 bits per heavy atom. The van der Waals surface area contributed by atoms with Gasteiger partial charge in [0.25, 0.3) is 0 Å². The minimum absolute atomic E-state index is 1.000. The average Bonchev–Trinajstić information content (AvgIpc) is 2.66. The van der Waals surface area contributed by atoms with Gasteiger partial charge in [-0.2, -0.15) is 0 Å². The predicted molar refractivity (Wildman–Crippen MR) is 65.1 cm³/mol. The molecule has 1 aromatic carbocycles. The second kappa shape index (κ2) is 5.10. The van der Waals surface area contributed by atoms with Crippen molar-refractivity contribution in [3.8, 4) is 0 Å². The molecule has 0 aliphatic rings. The van der Waals surface area contributed by atoms with Gasteiger partial charge in [-0.15, -0.1) is 9.36 Å². The van der Waals surface area contributed by atoms with Crippen molar-refractivity contribution in [3.63, 3.8) is 0 Å². The number of aromatic nitrogens is 3. The molecule has 0 saturated carbocycles. The van der Waals surface area contributed by atoms with Crippen LogP contribution in [0.4, 0.5) is 0 Å². The molecule has 0 amide bonds. The Morgan fingerprint density at radius 2 is 2.00 bits per heavy atom. The van der Waals surface area contributed by atoms with Gasteiger partial charge in [-0.05, 0) is 25.0 Å². The lowest BCUT2D eigenvalue weighted by molar-refractivity contribution is -0.733. The van der Waals surface area contributed by atoms with E-state index < -0.39 is 0 Å². The molecule has 0 N–H and O–H groups in total. The zero-order valence-corrected chi connectivity index (χ0v) is 10.2. The van der Waals surface area contributed by atoms with Gasteiger partial charge < -0.3 is 0 Å². The molecule has 0 unspecified atom stereocenters. The Balaban J connectivity index is 2.40. The van der Waals surface area contributed by atoms with Crippen LogP contribution in [0, 0.1) is 0 Å². The highest BCUT2D eigenvalue weighted by molar-refractivity contribution is 5.70. The second-order valence-corrected chi connectivity index (χ2v) is 4.18. The van der Waals surface area contributed by atoms with Crippen molar-refractivity contribution in [2.45, 2.75) is 46.2 Å². The Kier molecular flexibility index (Phi) is 3.54. The molecular weight excluding hydrogens is 198 g/mol. The van der Waals surface area contributed by atoms with Crippen LogP contribution in [-0.4, -0.2) is 9.90 Å². The summed E-state index contributed by atoms with van der Waals surface area (Å²) in [5.74, 6) is 0. The number of unbranched alkanes of at least 4 members (excludes halogenated alkanes) is 1. The third-order valence-electron chi connectivity index (χ3n) is 2.81. The van der Waals surface area contributed by atoms with E-state index in [-0.39, 0.29) is 0 Å². The van der Waals surface area contributed by atoms with Gasteiger partial charge in [0.2, 0.25) is 0 Å². The molecule has 0 radical (unpaired) electrons. The number of para-hydroxylation sites is 2. The molecule has 3 heteroatoms. The first-order chi connectivity index (χ1) is 7.86. The predicted octanol–water partition coefficient (Wildman–Crippen LogP) is 2.53. The summed E-state index contributed by atoms with van der Waals surface area (Å²) in [7, 11) is 0. The molecule has 0 fully saturated rings. The third kappa shape index (κ3) is 2.08.